The molecule has 21 heavy (non-hydrogen) atoms. The number of nitrogens with one attached hydrogen (secondary N) is 1. The molecule has 0 atom stereocenters. The molecule has 0 radical (unpaired) electrons. The van der Waals surface area contributed by atoms with E-state index in [2.05, 4.69) is 51.8 Å². The van der Waals surface area contributed by atoms with E-state index in [4.69, 9.17) is 4.74 Å². The molecule has 0 aliphatic heterocycles. The summed E-state index contributed by atoms with van der Waals surface area (Å²) in [6.07, 6.45) is 5.61. The maximum Gasteiger partial charge on any atom is 0.118 e. The van der Waals surface area contributed by atoms with Crippen molar-refractivity contribution >= 4 is 12.2 Å². The number of ether oxygens (including phenoxy) is 1. The molecular weight excluding hydrogens is 262 g/mol. The highest BCUT2D eigenvalue weighted by Crippen LogP contribution is 2.23. The zero-order valence-corrected chi connectivity index (χ0v) is 11.7. The number of H-pyrrole nitrogens is 1. The summed E-state index contributed by atoms with van der Waals surface area (Å²) in [4.78, 5) is 0. The third-order valence-electron chi connectivity index (χ3n) is 3.21. The van der Waals surface area contributed by atoms with Gasteiger partial charge in [-0.2, -0.15) is 15.4 Å². The second-order valence-corrected chi connectivity index (χ2v) is 4.58. The fourth-order valence-electron chi connectivity index (χ4n) is 2.04. The van der Waals surface area contributed by atoms with Crippen LogP contribution in [-0.4, -0.2) is 22.5 Å². The minimum Gasteiger partial charge on any atom is -0.497 e. The fourth-order valence-corrected chi connectivity index (χ4v) is 2.04. The Bertz CT molecular complexity index is 714. The Morgan fingerprint density at radius 1 is 0.905 bits per heavy atom. The van der Waals surface area contributed by atoms with Crippen LogP contribution in [0.5, 0.6) is 5.75 Å². The number of rotatable bonds is 4. The molecule has 1 heterocycles. The number of benzene rings is 2. The Morgan fingerprint density at radius 3 is 2.14 bits per heavy atom. The lowest BCUT2D eigenvalue weighted by molar-refractivity contribution is 0.415. The van der Waals surface area contributed by atoms with E-state index >= 15 is 0 Å². The molecule has 0 bridgehead atoms. The molecule has 0 amide bonds. The molecule has 104 valence electrons. The van der Waals surface area contributed by atoms with Crippen LogP contribution < -0.4 is 4.74 Å². The van der Waals surface area contributed by atoms with Crippen LogP contribution in [0.3, 0.4) is 0 Å². The summed E-state index contributed by atoms with van der Waals surface area (Å²) in [6.45, 7) is 0. The van der Waals surface area contributed by atoms with Crippen molar-refractivity contribution in [1.82, 2.24) is 15.4 Å². The van der Waals surface area contributed by atoms with Crippen molar-refractivity contribution in [3.05, 3.63) is 66.0 Å². The fraction of sp³-hybridized carbons (Fsp3) is 0.0588. The number of nitrogens with zero attached hydrogens (tertiary/aromatic N) is 2. The number of hydrogen-bond acceptors (Lipinski definition) is 3. The second kappa shape index (κ2) is 6.05. The topological polar surface area (TPSA) is 50.8 Å². The smallest absolute Gasteiger partial charge is 0.118 e. The average Bonchev–Trinajstić information content (AvgIpc) is 3.07. The van der Waals surface area contributed by atoms with E-state index in [1.807, 2.05) is 24.3 Å². The predicted octanol–water partition coefficient (Wildman–Crippen LogP) is 3.65. The van der Waals surface area contributed by atoms with E-state index < -0.39 is 0 Å². The lowest BCUT2D eigenvalue weighted by Crippen LogP contribution is -1.83. The lowest BCUT2D eigenvalue weighted by atomic mass is 10.0. The zero-order valence-electron chi connectivity index (χ0n) is 11.7. The van der Waals surface area contributed by atoms with Crippen LogP contribution in [-0.2, 0) is 0 Å². The van der Waals surface area contributed by atoms with Crippen molar-refractivity contribution in [1.29, 1.82) is 0 Å². The van der Waals surface area contributed by atoms with Crippen LogP contribution in [0, 0.1) is 0 Å². The summed E-state index contributed by atoms with van der Waals surface area (Å²) < 4.78 is 5.17. The highest BCUT2D eigenvalue weighted by atomic mass is 16.5. The highest BCUT2D eigenvalue weighted by molar-refractivity contribution is 5.71. The van der Waals surface area contributed by atoms with Crippen molar-refractivity contribution in [3.63, 3.8) is 0 Å². The molecule has 0 saturated carbocycles. The van der Waals surface area contributed by atoms with E-state index in [-0.39, 0.29) is 0 Å². The van der Waals surface area contributed by atoms with Gasteiger partial charge in [-0.1, -0.05) is 42.5 Å². The molecule has 0 unspecified atom stereocenters. The van der Waals surface area contributed by atoms with E-state index in [0.29, 0.717) is 0 Å². The Balaban J connectivity index is 1.77. The van der Waals surface area contributed by atoms with Crippen molar-refractivity contribution in [3.8, 4) is 16.9 Å². The van der Waals surface area contributed by atoms with Gasteiger partial charge in [-0.05, 0) is 34.9 Å². The Hall–Kier alpha value is -2.88. The third-order valence-corrected chi connectivity index (χ3v) is 3.21. The minimum absolute atomic E-state index is 0.814. The molecule has 3 rings (SSSR count). The van der Waals surface area contributed by atoms with Crippen LogP contribution in [0.15, 0.2) is 54.7 Å². The average molecular weight is 277 g/mol. The molecule has 0 saturated heterocycles. The molecular formula is C17H15N3O. The quantitative estimate of drug-likeness (QED) is 0.792. The molecule has 0 aliphatic rings. The molecule has 4 nitrogen and oxygen atoms in total. The van der Waals surface area contributed by atoms with Gasteiger partial charge in [0.05, 0.1) is 13.3 Å². The first kappa shape index (κ1) is 13.1. The van der Waals surface area contributed by atoms with Crippen LogP contribution >= 0.6 is 0 Å². The Labute approximate surface area is 123 Å². The lowest BCUT2D eigenvalue weighted by Gasteiger charge is -2.04. The molecule has 4 heteroatoms. The minimum atomic E-state index is 0.814. The molecule has 2 aromatic carbocycles. The number of aromatic nitrogens is 3. The summed E-state index contributed by atoms with van der Waals surface area (Å²) in [5.74, 6) is 0.867. The summed E-state index contributed by atoms with van der Waals surface area (Å²) in [6, 6.07) is 16.4. The van der Waals surface area contributed by atoms with Crippen molar-refractivity contribution in [2.45, 2.75) is 0 Å². The van der Waals surface area contributed by atoms with Crippen LogP contribution in [0.25, 0.3) is 23.3 Å². The van der Waals surface area contributed by atoms with Gasteiger partial charge in [0.15, 0.2) is 0 Å². The van der Waals surface area contributed by atoms with Crippen molar-refractivity contribution in [2.75, 3.05) is 7.11 Å². The summed E-state index contributed by atoms with van der Waals surface area (Å²) in [7, 11) is 1.67. The molecule has 1 aromatic heterocycles. The van der Waals surface area contributed by atoms with E-state index in [9.17, 15) is 0 Å². The molecule has 0 aliphatic carbocycles. The first-order valence-electron chi connectivity index (χ1n) is 6.63. The third kappa shape index (κ3) is 3.17. The maximum absolute atomic E-state index is 5.17. The van der Waals surface area contributed by atoms with E-state index in [1.54, 1.807) is 13.3 Å². The van der Waals surface area contributed by atoms with Gasteiger partial charge in [-0.3, -0.25) is 0 Å². The Morgan fingerprint density at radius 2 is 1.57 bits per heavy atom. The van der Waals surface area contributed by atoms with E-state index in [1.165, 1.54) is 11.1 Å². The van der Waals surface area contributed by atoms with Gasteiger partial charge in [-0.15, -0.1) is 0 Å². The second-order valence-electron chi connectivity index (χ2n) is 4.58. The van der Waals surface area contributed by atoms with Gasteiger partial charge >= 0.3 is 0 Å². The van der Waals surface area contributed by atoms with E-state index in [0.717, 1.165) is 17.0 Å². The number of hydrogen-bond donors (Lipinski definition) is 1. The van der Waals surface area contributed by atoms with Crippen LogP contribution in [0.2, 0.25) is 0 Å². The van der Waals surface area contributed by atoms with Crippen LogP contribution in [0.4, 0.5) is 0 Å². The molecule has 0 fully saturated rings. The Kier molecular flexibility index (Phi) is 3.78. The van der Waals surface area contributed by atoms with Gasteiger partial charge < -0.3 is 4.74 Å². The summed E-state index contributed by atoms with van der Waals surface area (Å²) in [5.41, 5.74) is 4.28. The first-order chi connectivity index (χ1) is 10.3. The van der Waals surface area contributed by atoms with Crippen molar-refractivity contribution < 1.29 is 4.74 Å². The molecule has 3 aromatic rings. The van der Waals surface area contributed by atoms with Gasteiger partial charge in [-0.25, -0.2) is 0 Å². The molecule has 0 spiro atoms. The predicted molar refractivity (Wildman–Crippen MR) is 83.7 cm³/mol. The zero-order chi connectivity index (χ0) is 14.5. The summed E-state index contributed by atoms with van der Waals surface area (Å²) >= 11 is 0. The van der Waals surface area contributed by atoms with Crippen molar-refractivity contribution in [2.24, 2.45) is 0 Å². The number of aromatic amines is 1. The monoisotopic (exact) mass is 277 g/mol. The largest absolute Gasteiger partial charge is 0.497 e. The normalized spacial score (nSPS) is 10.9. The first-order valence-corrected chi connectivity index (χ1v) is 6.63. The van der Waals surface area contributed by atoms with Gasteiger partial charge in [0.1, 0.15) is 11.4 Å². The van der Waals surface area contributed by atoms with Crippen LogP contribution in [0.1, 0.15) is 11.3 Å². The molecule has 1 N–H and O–H groups in total. The van der Waals surface area contributed by atoms with Gasteiger partial charge in [0, 0.05) is 0 Å². The SMILES string of the molecule is COc1ccc(-c2ccc(/C=C/c3cn[nH]n3)cc2)cc1. The highest BCUT2D eigenvalue weighted by Gasteiger charge is 1.98. The maximum atomic E-state index is 5.17. The standard InChI is InChI=1S/C17H15N3O/c1-21-17-10-7-15(8-11-17)14-5-2-13(3-6-14)4-9-16-12-18-20-19-16/h2-12H,1H3,(H,18,19,20)/b9-4+. The number of methoxy groups -OCH3 is 1. The summed E-state index contributed by atoms with van der Waals surface area (Å²) in [5, 5.41) is 10.3. The van der Waals surface area contributed by atoms with Gasteiger partial charge in [0.25, 0.3) is 0 Å². The van der Waals surface area contributed by atoms with Gasteiger partial charge in [0.2, 0.25) is 0 Å².